The Bertz CT molecular complexity index is 561. The van der Waals surface area contributed by atoms with Gasteiger partial charge in [-0.3, -0.25) is 4.79 Å². The lowest BCUT2D eigenvalue weighted by atomic mass is 10.1. The molecule has 0 N–H and O–H groups in total. The van der Waals surface area contributed by atoms with Crippen molar-refractivity contribution < 1.29 is 23.6 Å². The number of rotatable bonds is 7. The maximum absolute atomic E-state index is 13.8. The number of carbonyl (C=O) groups excluding carboxylic acids is 1. The van der Waals surface area contributed by atoms with E-state index in [1.54, 1.807) is 13.8 Å². The van der Waals surface area contributed by atoms with Crippen molar-refractivity contribution in [1.29, 1.82) is 0 Å². The third-order valence-electron chi connectivity index (χ3n) is 3.04. The van der Waals surface area contributed by atoms with Gasteiger partial charge in [0.25, 0.3) is 0 Å². The van der Waals surface area contributed by atoms with E-state index in [1.165, 1.54) is 0 Å². The summed E-state index contributed by atoms with van der Waals surface area (Å²) in [6.45, 7) is 3.52. The van der Waals surface area contributed by atoms with Crippen LogP contribution in [0.25, 0.3) is 0 Å². The van der Waals surface area contributed by atoms with Crippen LogP contribution in [0.4, 0.5) is 10.3 Å². The highest BCUT2D eigenvalue weighted by atomic mass is 19.1. The molecule has 1 aliphatic heterocycles. The van der Waals surface area contributed by atoms with Gasteiger partial charge in [-0.25, -0.2) is 4.39 Å². The average molecular weight is 316 g/mol. The van der Waals surface area contributed by atoms with Crippen LogP contribution in [-0.2, 0) is 20.8 Å². The van der Waals surface area contributed by atoms with Crippen LogP contribution in [0, 0.1) is 10.1 Å². The van der Waals surface area contributed by atoms with Gasteiger partial charge in [-0.05, 0) is 18.8 Å². The molecule has 1 aromatic rings. The first kappa shape index (κ1) is 16.4. The molecule has 1 fully saturated rings. The Morgan fingerprint density at radius 3 is 2.95 bits per heavy atom. The molecule has 0 saturated carbocycles. The number of ketones is 1. The molecule has 0 amide bonds. The van der Waals surface area contributed by atoms with Gasteiger partial charge in [0.2, 0.25) is 6.33 Å². The van der Waals surface area contributed by atoms with Crippen molar-refractivity contribution in [2.75, 3.05) is 6.61 Å². The molecule has 22 heavy (non-hydrogen) atoms. The van der Waals surface area contributed by atoms with Crippen molar-refractivity contribution in [1.82, 2.24) is 14.8 Å². The number of carbonyl (C=O) groups is 1. The summed E-state index contributed by atoms with van der Waals surface area (Å²) < 4.78 is 25.6. The first-order valence-corrected chi connectivity index (χ1v) is 6.76. The second kappa shape index (κ2) is 6.44. The third kappa shape index (κ3) is 4.53. The fraction of sp³-hybridized carbons (Fsp3) is 0.750. The van der Waals surface area contributed by atoms with Gasteiger partial charge in [0.15, 0.2) is 5.79 Å². The summed E-state index contributed by atoms with van der Waals surface area (Å²) in [6.07, 6.45) is -1.05. The van der Waals surface area contributed by atoms with Gasteiger partial charge in [-0.15, -0.1) is 0 Å². The number of nitro groups is 1. The van der Waals surface area contributed by atoms with Gasteiger partial charge in [-0.1, -0.05) is 4.98 Å². The van der Waals surface area contributed by atoms with Crippen molar-refractivity contribution in [2.45, 2.75) is 51.3 Å². The first-order chi connectivity index (χ1) is 10.2. The minimum atomic E-state index is -1.50. The Hall–Kier alpha value is -1.94. The highest BCUT2D eigenvalue weighted by molar-refractivity contribution is 5.79. The van der Waals surface area contributed by atoms with Crippen LogP contribution in [0.5, 0.6) is 0 Å². The molecule has 1 saturated heterocycles. The molecule has 2 heterocycles. The maximum atomic E-state index is 13.8. The van der Waals surface area contributed by atoms with Gasteiger partial charge >= 0.3 is 5.95 Å². The van der Waals surface area contributed by atoms with Crippen LogP contribution in [0.1, 0.15) is 26.7 Å². The lowest BCUT2D eigenvalue weighted by Gasteiger charge is -2.16. The molecule has 0 radical (unpaired) electrons. The molecule has 0 spiro atoms. The zero-order chi connectivity index (χ0) is 16.3. The van der Waals surface area contributed by atoms with E-state index >= 15 is 0 Å². The SMILES string of the molecule is CC1(C)OCC(CC(=O)CC(F)Cn2cnc([N+](=O)[O-])n2)O1. The smallest absolute Gasteiger partial charge is 0.390 e. The van der Waals surface area contributed by atoms with Crippen molar-refractivity contribution in [3.63, 3.8) is 0 Å². The highest BCUT2D eigenvalue weighted by Crippen LogP contribution is 2.24. The van der Waals surface area contributed by atoms with Crippen molar-refractivity contribution in [2.24, 2.45) is 0 Å². The number of aromatic nitrogens is 3. The monoisotopic (exact) mass is 316 g/mol. The average Bonchev–Trinajstić information content (AvgIpc) is 2.95. The quantitative estimate of drug-likeness (QED) is 0.545. The highest BCUT2D eigenvalue weighted by Gasteiger charge is 2.34. The van der Waals surface area contributed by atoms with E-state index in [1.807, 2.05) is 0 Å². The number of alkyl halides is 1. The molecule has 2 atom stereocenters. The lowest BCUT2D eigenvalue weighted by molar-refractivity contribution is -0.394. The first-order valence-electron chi connectivity index (χ1n) is 6.76. The van der Waals surface area contributed by atoms with Crippen LogP contribution >= 0.6 is 0 Å². The van der Waals surface area contributed by atoms with E-state index in [-0.39, 0.29) is 31.3 Å². The molecule has 9 nitrogen and oxygen atoms in total. The van der Waals surface area contributed by atoms with E-state index in [9.17, 15) is 19.3 Å². The Kier molecular flexibility index (Phi) is 4.81. The topological polar surface area (TPSA) is 109 Å². The Balaban J connectivity index is 1.77. The van der Waals surface area contributed by atoms with E-state index in [2.05, 4.69) is 10.1 Å². The molecule has 1 aliphatic rings. The maximum Gasteiger partial charge on any atom is 0.490 e. The summed E-state index contributed by atoms with van der Waals surface area (Å²) >= 11 is 0. The van der Waals surface area contributed by atoms with Gasteiger partial charge in [0.1, 0.15) is 12.0 Å². The van der Waals surface area contributed by atoms with E-state index in [0.717, 1.165) is 11.0 Å². The molecule has 0 aromatic carbocycles. The van der Waals surface area contributed by atoms with Crippen LogP contribution in [-0.4, -0.2) is 50.1 Å². The van der Waals surface area contributed by atoms with Crippen LogP contribution in [0.15, 0.2) is 6.33 Å². The second-order valence-electron chi connectivity index (χ2n) is 5.52. The number of Topliss-reactive ketones (excluding diaryl/α,β-unsaturated/α-hetero) is 1. The molecule has 0 bridgehead atoms. The summed E-state index contributed by atoms with van der Waals surface area (Å²) in [5.74, 6) is -1.62. The normalized spacial score (nSPS) is 21.7. The molecular weight excluding hydrogens is 299 g/mol. The van der Waals surface area contributed by atoms with Gasteiger partial charge in [-0.2, -0.15) is 4.68 Å². The van der Waals surface area contributed by atoms with Crippen molar-refractivity contribution in [3.8, 4) is 0 Å². The zero-order valence-corrected chi connectivity index (χ0v) is 12.3. The Morgan fingerprint density at radius 1 is 1.68 bits per heavy atom. The molecule has 0 aliphatic carbocycles. The van der Waals surface area contributed by atoms with Gasteiger partial charge in [0, 0.05) is 17.9 Å². The number of nitrogens with zero attached hydrogens (tertiary/aromatic N) is 4. The standard InChI is InChI=1S/C12H17FN4O5/c1-12(2)21-6-10(22-12)4-9(18)3-8(13)5-16-7-14-11(15-16)17(19)20/h7-8,10H,3-6H2,1-2H3. The molecular formula is C12H17FN4O5. The minimum Gasteiger partial charge on any atom is -0.390 e. The van der Waals surface area contributed by atoms with E-state index in [4.69, 9.17) is 9.47 Å². The Labute approximate surface area is 125 Å². The molecule has 2 unspecified atom stereocenters. The third-order valence-corrected chi connectivity index (χ3v) is 3.04. The van der Waals surface area contributed by atoms with E-state index < -0.39 is 22.8 Å². The number of ether oxygens (including phenoxy) is 2. The number of halogens is 1. The predicted molar refractivity (Wildman–Crippen MR) is 70.7 cm³/mol. The van der Waals surface area contributed by atoms with Gasteiger partial charge in [0.05, 0.1) is 19.3 Å². The van der Waals surface area contributed by atoms with Crippen LogP contribution in [0.2, 0.25) is 0 Å². The molecule has 10 heteroatoms. The fourth-order valence-corrected chi connectivity index (χ4v) is 2.17. The Morgan fingerprint density at radius 2 is 2.41 bits per heavy atom. The second-order valence-corrected chi connectivity index (χ2v) is 5.52. The summed E-state index contributed by atoms with van der Waals surface area (Å²) in [6, 6.07) is 0. The summed E-state index contributed by atoms with van der Waals surface area (Å²) in [7, 11) is 0. The number of hydrogen-bond acceptors (Lipinski definition) is 7. The molecule has 122 valence electrons. The summed E-state index contributed by atoms with van der Waals surface area (Å²) in [5.41, 5.74) is 0. The number of hydrogen-bond donors (Lipinski definition) is 0. The summed E-state index contributed by atoms with van der Waals surface area (Å²) in [4.78, 5) is 24.9. The predicted octanol–water partition coefficient (Wildman–Crippen LogP) is 1.03. The van der Waals surface area contributed by atoms with Crippen LogP contribution in [0.3, 0.4) is 0 Å². The lowest BCUT2D eigenvalue weighted by Crippen LogP contribution is -2.24. The minimum absolute atomic E-state index is 0.0708. The molecule has 1 aromatic heterocycles. The van der Waals surface area contributed by atoms with E-state index in [0.29, 0.717) is 6.61 Å². The van der Waals surface area contributed by atoms with Crippen LogP contribution < -0.4 is 0 Å². The van der Waals surface area contributed by atoms with Crippen molar-refractivity contribution in [3.05, 3.63) is 16.4 Å². The largest absolute Gasteiger partial charge is 0.490 e. The fourth-order valence-electron chi connectivity index (χ4n) is 2.17. The zero-order valence-electron chi connectivity index (χ0n) is 12.3. The van der Waals surface area contributed by atoms with Crippen molar-refractivity contribution >= 4 is 11.7 Å². The summed E-state index contributed by atoms with van der Waals surface area (Å²) in [5, 5.41) is 13.9. The van der Waals surface area contributed by atoms with Gasteiger partial charge < -0.3 is 19.6 Å². The molecule has 2 rings (SSSR count).